The molecule has 88 valence electrons. The van der Waals surface area contributed by atoms with Gasteiger partial charge in [0.25, 0.3) is 5.91 Å². The van der Waals surface area contributed by atoms with E-state index in [0.717, 1.165) is 22.8 Å². The third kappa shape index (κ3) is 1.95. The number of thioether (sulfide) groups is 1. The lowest BCUT2D eigenvalue weighted by Crippen LogP contribution is -2.27. The Labute approximate surface area is 103 Å². The molecule has 2 aliphatic rings. The van der Waals surface area contributed by atoms with E-state index in [2.05, 4.69) is 5.10 Å². The Hall–Kier alpha value is -1.36. The van der Waals surface area contributed by atoms with Crippen LogP contribution in [0.2, 0.25) is 0 Å². The Morgan fingerprint density at radius 1 is 1.53 bits per heavy atom. The maximum Gasteiger partial charge on any atom is 0.252 e. The van der Waals surface area contributed by atoms with Gasteiger partial charge in [-0.2, -0.15) is 16.9 Å². The minimum absolute atomic E-state index is 0.0337. The molecule has 5 heteroatoms. The highest BCUT2D eigenvalue weighted by atomic mass is 32.2. The third-order valence-corrected chi connectivity index (χ3v) is 4.03. The van der Waals surface area contributed by atoms with Crippen molar-refractivity contribution in [2.45, 2.75) is 6.54 Å². The van der Waals surface area contributed by atoms with E-state index in [1.54, 1.807) is 23.9 Å². The van der Waals surface area contributed by atoms with E-state index in [9.17, 15) is 9.18 Å². The number of nitrogens with zero attached hydrogens (tertiary/aromatic N) is 2. The SMILES string of the molecule is O=C1C2CSCC2=NN1Cc1cccc(F)c1. The number of benzene rings is 1. The second-order valence-electron chi connectivity index (χ2n) is 4.18. The maximum absolute atomic E-state index is 13.0. The van der Waals surface area contributed by atoms with Gasteiger partial charge in [0.1, 0.15) is 5.82 Å². The van der Waals surface area contributed by atoms with Gasteiger partial charge in [-0.3, -0.25) is 4.79 Å². The van der Waals surface area contributed by atoms with Gasteiger partial charge in [0, 0.05) is 11.5 Å². The Kier molecular flexibility index (Phi) is 2.63. The van der Waals surface area contributed by atoms with Crippen molar-refractivity contribution in [2.24, 2.45) is 11.0 Å². The molecule has 1 atom stereocenters. The van der Waals surface area contributed by atoms with Crippen LogP contribution in [-0.2, 0) is 11.3 Å². The second kappa shape index (κ2) is 4.14. The summed E-state index contributed by atoms with van der Waals surface area (Å²) in [6, 6.07) is 6.29. The first-order valence-electron chi connectivity index (χ1n) is 5.45. The lowest BCUT2D eigenvalue weighted by atomic mass is 10.1. The number of hydrazone groups is 1. The number of halogens is 1. The summed E-state index contributed by atoms with van der Waals surface area (Å²) in [4.78, 5) is 12.0. The van der Waals surface area contributed by atoms with Crippen LogP contribution in [0.5, 0.6) is 0 Å². The number of hydrogen-bond acceptors (Lipinski definition) is 3. The molecule has 0 radical (unpaired) electrons. The number of carbonyl (C=O) groups excluding carboxylic acids is 1. The standard InChI is InChI=1S/C12H11FN2OS/c13-9-3-1-2-8(4-9)5-15-12(16)10-6-17-7-11(10)14-15/h1-4,10H,5-7H2. The molecule has 3 rings (SSSR count). The molecule has 17 heavy (non-hydrogen) atoms. The fourth-order valence-electron chi connectivity index (χ4n) is 2.10. The molecule has 2 aliphatic heterocycles. The van der Waals surface area contributed by atoms with Gasteiger partial charge in [0.05, 0.1) is 18.2 Å². The van der Waals surface area contributed by atoms with Crippen molar-refractivity contribution < 1.29 is 9.18 Å². The zero-order chi connectivity index (χ0) is 11.8. The van der Waals surface area contributed by atoms with Crippen molar-refractivity contribution in [1.82, 2.24) is 5.01 Å². The predicted octanol–water partition coefficient (Wildman–Crippen LogP) is 1.89. The van der Waals surface area contributed by atoms with E-state index in [1.165, 1.54) is 17.1 Å². The molecule has 0 bridgehead atoms. The zero-order valence-corrected chi connectivity index (χ0v) is 9.91. The normalized spacial score (nSPS) is 22.9. The molecule has 2 heterocycles. The minimum atomic E-state index is -0.280. The molecule has 1 aromatic rings. The zero-order valence-electron chi connectivity index (χ0n) is 9.10. The number of carbonyl (C=O) groups is 1. The smallest absolute Gasteiger partial charge is 0.252 e. The van der Waals surface area contributed by atoms with Gasteiger partial charge in [-0.1, -0.05) is 12.1 Å². The first kappa shape index (κ1) is 10.8. The Bertz CT molecular complexity index is 503. The van der Waals surface area contributed by atoms with Crippen molar-refractivity contribution >= 4 is 23.4 Å². The summed E-state index contributed by atoms with van der Waals surface area (Å²) in [5.74, 6) is 1.41. The number of hydrogen-bond donors (Lipinski definition) is 0. The number of amides is 1. The molecule has 1 saturated heterocycles. The highest BCUT2D eigenvalue weighted by Crippen LogP contribution is 2.29. The van der Waals surface area contributed by atoms with E-state index >= 15 is 0 Å². The first-order valence-corrected chi connectivity index (χ1v) is 6.60. The summed E-state index contributed by atoms with van der Waals surface area (Å²) in [6.07, 6.45) is 0. The number of fused-ring (bicyclic) bond motifs is 1. The van der Waals surface area contributed by atoms with Gasteiger partial charge in [-0.15, -0.1) is 0 Å². The molecular formula is C12H11FN2OS. The van der Waals surface area contributed by atoms with Crippen LogP contribution in [0.15, 0.2) is 29.4 Å². The van der Waals surface area contributed by atoms with Crippen LogP contribution in [-0.4, -0.2) is 28.1 Å². The summed E-state index contributed by atoms with van der Waals surface area (Å²) in [7, 11) is 0. The third-order valence-electron chi connectivity index (χ3n) is 2.96. The molecular weight excluding hydrogens is 239 g/mol. The van der Waals surface area contributed by atoms with E-state index in [4.69, 9.17) is 0 Å². The van der Waals surface area contributed by atoms with Gasteiger partial charge in [0.2, 0.25) is 0 Å². The fraction of sp³-hybridized carbons (Fsp3) is 0.333. The molecule has 1 fully saturated rings. The van der Waals surface area contributed by atoms with Gasteiger partial charge >= 0.3 is 0 Å². The van der Waals surface area contributed by atoms with Gasteiger partial charge in [-0.05, 0) is 17.7 Å². The van der Waals surface area contributed by atoms with Gasteiger partial charge in [0.15, 0.2) is 0 Å². The van der Waals surface area contributed by atoms with Crippen molar-refractivity contribution in [2.75, 3.05) is 11.5 Å². The molecule has 0 saturated carbocycles. The molecule has 0 spiro atoms. The molecule has 3 nitrogen and oxygen atoms in total. The lowest BCUT2D eigenvalue weighted by molar-refractivity contribution is -0.131. The molecule has 1 unspecified atom stereocenters. The topological polar surface area (TPSA) is 32.7 Å². The number of rotatable bonds is 2. The Balaban J connectivity index is 1.79. The molecule has 0 aromatic heterocycles. The van der Waals surface area contributed by atoms with Crippen LogP contribution < -0.4 is 0 Å². The highest BCUT2D eigenvalue weighted by molar-refractivity contribution is 8.00. The summed E-state index contributed by atoms with van der Waals surface area (Å²) < 4.78 is 13.0. The van der Waals surface area contributed by atoms with Crippen molar-refractivity contribution in [3.63, 3.8) is 0 Å². The predicted molar refractivity (Wildman–Crippen MR) is 65.2 cm³/mol. The fourth-order valence-corrected chi connectivity index (χ4v) is 3.25. The average molecular weight is 250 g/mol. The van der Waals surface area contributed by atoms with Crippen molar-refractivity contribution in [3.8, 4) is 0 Å². The van der Waals surface area contributed by atoms with Crippen LogP contribution in [0.1, 0.15) is 5.56 Å². The summed E-state index contributed by atoms with van der Waals surface area (Å²) >= 11 is 1.74. The average Bonchev–Trinajstić information content (AvgIpc) is 2.84. The molecule has 0 aliphatic carbocycles. The highest BCUT2D eigenvalue weighted by Gasteiger charge is 2.38. The van der Waals surface area contributed by atoms with Crippen LogP contribution >= 0.6 is 11.8 Å². The first-order chi connectivity index (χ1) is 8.24. The minimum Gasteiger partial charge on any atom is -0.272 e. The Morgan fingerprint density at radius 3 is 3.18 bits per heavy atom. The van der Waals surface area contributed by atoms with Crippen LogP contribution in [0.25, 0.3) is 0 Å². The second-order valence-corrected chi connectivity index (χ2v) is 5.22. The van der Waals surface area contributed by atoms with E-state index in [-0.39, 0.29) is 17.6 Å². The van der Waals surface area contributed by atoms with Gasteiger partial charge < -0.3 is 0 Å². The lowest BCUT2D eigenvalue weighted by Gasteiger charge is -2.13. The van der Waals surface area contributed by atoms with Crippen molar-refractivity contribution in [1.29, 1.82) is 0 Å². The van der Waals surface area contributed by atoms with Crippen LogP contribution in [0.3, 0.4) is 0 Å². The molecule has 1 aromatic carbocycles. The van der Waals surface area contributed by atoms with Crippen LogP contribution in [0.4, 0.5) is 4.39 Å². The maximum atomic E-state index is 13.0. The van der Waals surface area contributed by atoms with Gasteiger partial charge in [-0.25, -0.2) is 9.40 Å². The van der Waals surface area contributed by atoms with E-state index in [1.807, 2.05) is 0 Å². The van der Waals surface area contributed by atoms with Crippen LogP contribution in [0, 0.1) is 11.7 Å². The summed E-state index contributed by atoms with van der Waals surface area (Å²) in [6.45, 7) is 0.362. The van der Waals surface area contributed by atoms with Crippen molar-refractivity contribution in [3.05, 3.63) is 35.6 Å². The van der Waals surface area contributed by atoms with E-state index in [0.29, 0.717) is 6.54 Å². The monoisotopic (exact) mass is 250 g/mol. The Morgan fingerprint density at radius 2 is 2.41 bits per heavy atom. The quantitative estimate of drug-likeness (QED) is 0.803. The molecule has 0 N–H and O–H groups in total. The summed E-state index contributed by atoms with van der Waals surface area (Å²) in [5, 5.41) is 5.78. The van der Waals surface area contributed by atoms with E-state index < -0.39 is 0 Å². The summed E-state index contributed by atoms with van der Waals surface area (Å²) in [5.41, 5.74) is 1.74. The largest absolute Gasteiger partial charge is 0.272 e. The molecule has 1 amide bonds.